The molecule has 2 aliphatic heterocycles. The predicted molar refractivity (Wildman–Crippen MR) is 125 cm³/mol. The smallest absolute Gasteiger partial charge is 0.403 e. The van der Waals surface area contributed by atoms with Crippen molar-refractivity contribution >= 4 is 14.2 Å². The molecule has 0 atom stereocenters. The second kappa shape index (κ2) is 8.64. The summed E-state index contributed by atoms with van der Waals surface area (Å²) in [6.45, 7) is 16.7. The second-order valence-corrected chi connectivity index (χ2v) is 12.1. The summed E-state index contributed by atoms with van der Waals surface area (Å²) in [5.41, 5.74) is -5.67. The molecule has 2 fully saturated rings. The molecule has 0 aromatic heterocycles. The van der Waals surface area contributed by atoms with Gasteiger partial charge in [0, 0.05) is 5.21 Å². The highest BCUT2D eigenvalue weighted by molar-refractivity contribution is 6.71. The lowest BCUT2D eigenvalue weighted by atomic mass is 9.38. The molecule has 1 aromatic carbocycles. The van der Waals surface area contributed by atoms with Gasteiger partial charge in [0.2, 0.25) is 0 Å². The van der Waals surface area contributed by atoms with Crippen molar-refractivity contribution in [1.82, 2.24) is 0 Å². The van der Waals surface area contributed by atoms with E-state index in [9.17, 15) is 26.3 Å². The van der Waals surface area contributed by atoms with Gasteiger partial charge in [-0.2, -0.15) is 26.3 Å². The topological polar surface area (TPSA) is 36.9 Å². The minimum Gasteiger partial charge on any atom is -0.403 e. The van der Waals surface area contributed by atoms with Crippen molar-refractivity contribution in [3.05, 3.63) is 34.9 Å². The number of hydrogen-bond donors (Lipinski definition) is 0. The molecule has 0 saturated carbocycles. The van der Waals surface area contributed by atoms with E-state index in [0.717, 1.165) is 12.1 Å². The molecule has 0 N–H and O–H groups in total. The molecule has 0 radical (unpaired) electrons. The summed E-state index contributed by atoms with van der Waals surface area (Å²) in [4.78, 5) is 0. The molecule has 202 valence electrons. The lowest BCUT2D eigenvalue weighted by molar-refractivity contribution is -0.143. The molecule has 36 heavy (non-hydrogen) atoms. The van der Waals surface area contributed by atoms with Gasteiger partial charge in [-0.15, -0.1) is 0 Å². The summed E-state index contributed by atoms with van der Waals surface area (Å²) in [5, 5.41) is -1.07. The van der Waals surface area contributed by atoms with Crippen LogP contribution in [0.3, 0.4) is 0 Å². The van der Waals surface area contributed by atoms with E-state index < -0.39 is 65.3 Å². The van der Waals surface area contributed by atoms with Gasteiger partial charge in [0.25, 0.3) is 0 Å². The minimum atomic E-state index is -4.92. The average molecular weight is 522 g/mol. The quantitative estimate of drug-likeness (QED) is 0.305. The molecule has 4 nitrogen and oxygen atoms in total. The third-order valence-electron chi connectivity index (χ3n) is 8.18. The molecule has 0 aliphatic carbocycles. The van der Waals surface area contributed by atoms with E-state index in [2.05, 4.69) is 0 Å². The van der Waals surface area contributed by atoms with E-state index in [1.54, 1.807) is 6.92 Å². The zero-order valence-electron chi connectivity index (χ0n) is 22.2. The molecule has 0 spiro atoms. The Morgan fingerprint density at radius 1 is 0.611 bits per heavy atom. The van der Waals surface area contributed by atoms with Gasteiger partial charge in [-0.3, -0.25) is 0 Å². The lowest BCUT2D eigenvalue weighted by Crippen LogP contribution is -2.47. The molecule has 2 heterocycles. The first kappa shape index (κ1) is 29.3. The summed E-state index contributed by atoms with van der Waals surface area (Å²) >= 11 is 0. The Morgan fingerprint density at radius 2 is 0.917 bits per heavy atom. The predicted octanol–water partition coefficient (Wildman–Crippen LogP) is 7.14. The van der Waals surface area contributed by atoms with Crippen molar-refractivity contribution in [2.45, 2.75) is 115 Å². The normalized spacial score (nSPS) is 23.4. The van der Waals surface area contributed by atoms with Gasteiger partial charge in [-0.05, 0) is 92.0 Å². The molecule has 2 aliphatic rings. The zero-order chi connectivity index (χ0) is 27.8. The van der Waals surface area contributed by atoms with Crippen molar-refractivity contribution in [2.24, 2.45) is 0 Å². The first-order valence-corrected chi connectivity index (χ1v) is 11.9. The van der Waals surface area contributed by atoms with Crippen LogP contribution in [-0.4, -0.2) is 36.6 Å². The van der Waals surface area contributed by atoms with Gasteiger partial charge in [0.05, 0.1) is 33.5 Å². The van der Waals surface area contributed by atoms with Gasteiger partial charge in [-0.25, -0.2) is 0 Å². The number of aryl methyl sites for hydroxylation is 1. The highest BCUT2D eigenvalue weighted by Gasteiger charge is 2.67. The van der Waals surface area contributed by atoms with Gasteiger partial charge >= 0.3 is 26.6 Å². The second-order valence-electron chi connectivity index (χ2n) is 12.1. The Kier molecular flexibility index (Phi) is 7.04. The molecule has 0 amide bonds. The Bertz CT molecular complexity index is 888. The highest BCUT2D eigenvalue weighted by atomic mass is 19.4. The Hall–Kier alpha value is -1.23. The van der Waals surface area contributed by atoms with E-state index in [1.807, 2.05) is 55.4 Å². The number of rotatable bonds is 5. The fraction of sp³-hybridized carbons (Fsp3) is 0.750. The summed E-state index contributed by atoms with van der Waals surface area (Å²) in [5.74, 6) is 0. The lowest BCUT2D eigenvalue weighted by Gasteiger charge is -2.33. The molecule has 0 bridgehead atoms. The number of alkyl halides is 6. The first-order valence-electron chi connectivity index (χ1n) is 11.9. The third-order valence-corrected chi connectivity index (χ3v) is 8.18. The summed E-state index contributed by atoms with van der Waals surface area (Å²) in [6, 6.07) is 1.64. The SMILES string of the molecule is CC(CCc1cc(C(F)(F)F)cc(C(F)(F)F)c1)(B1OC(C)(C)C(C)(C)O1)B1OC(C)(C)C(C)(C)O1. The van der Waals surface area contributed by atoms with Crippen molar-refractivity contribution in [2.75, 3.05) is 0 Å². The molecular formula is C24H34B2F6O4. The minimum absolute atomic E-state index is 0.0826. The molecule has 12 heteroatoms. The van der Waals surface area contributed by atoms with Gasteiger partial charge in [0.1, 0.15) is 0 Å². The van der Waals surface area contributed by atoms with E-state index in [1.165, 1.54) is 0 Å². The van der Waals surface area contributed by atoms with Crippen LogP contribution in [-0.2, 0) is 37.4 Å². The van der Waals surface area contributed by atoms with Crippen LogP contribution in [0.15, 0.2) is 18.2 Å². The maximum Gasteiger partial charge on any atom is 0.461 e. The van der Waals surface area contributed by atoms with Gasteiger partial charge < -0.3 is 18.6 Å². The monoisotopic (exact) mass is 522 g/mol. The van der Waals surface area contributed by atoms with Crippen LogP contribution in [0.2, 0.25) is 5.21 Å². The summed E-state index contributed by atoms with van der Waals surface area (Å²) in [7, 11) is -1.77. The van der Waals surface area contributed by atoms with Crippen LogP contribution in [0.5, 0.6) is 0 Å². The third kappa shape index (κ3) is 5.33. The highest BCUT2D eigenvalue weighted by Crippen LogP contribution is 2.53. The molecule has 1 aromatic rings. The van der Waals surface area contributed by atoms with Crippen LogP contribution >= 0.6 is 0 Å². The van der Waals surface area contributed by atoms with Crippen molar-refractivity contribution < 1.29 is 45.0 Å². The average Bonchev–Trinajstić information content (AvgIpc) is 3.04. The first-order chi connectivity index (χ1) is 15.9. The molecule has 3 rings (SSSR count). The fourth-order valence-corrected chi connectivity index (χ4v) is 4.15. The Morgan fingerprint density at radius 3 is 1.19 bits per heavy atom. The maximum absolute atomic E-state index is 13.4. The largest absolute Gasteiger partial charge is 0.461 e. The van der Waals surface area contributed by atoms with Crippen LogP contribution in [0.4, 0.5) is 26.3 Å². The Labute approximate surface area is 209 Å². The number of halogens is 6. The van der Waals surface area contributed by atoms with E-state index in [0.29, 0.717) is 0 Å². The van der Waals surface area contributed by atoms with E-state index in [-0.39, 0.29) is 24.5 Å². The van der Waals surface area contributed by atoms with E-state index >= 15 is 0 Å². The van der Waals surface area contributed by atoms with Crippen molar-refractivity contribution in [3.63, 3.8) is 0 Å². The van der Waals surface area contributed by atoms with Crippen LogP contribution in [0, 0.1) is 0 Å². The van der Waals surface area contributed by atoms with Gasteiger partial charge in [-0.1, -0.05) is 6.92 Å². The maximum atomic E-state index is 13.4. The van der Waals surface area contributed by atoms with Gasteiger partial charge in [0.15, 0.2) is 0 Å². The summed E-state index contributed by atoms with van der Waals surface area (Å²) < 4.78 is 105. The molecular weight excluding hydrogens is 488 g/mol. The van der Waals surface area contributed by atoms with Crippen molar-refractivity contribution in [1.29, 1.82) is 0 Å². The van der Waals surface area contributed by atoms with Crippen LogP contribution in [0.1, 0.15) is 85.4 Å². The summed E-state index contributed by atoms with van der Waals surface area (Å²) in [6.07, 6.45) is -9.87. The fourth-order valence-electron chi connectivity index (χ4n) is 4.15. The van der Waals surface area contributed by atoms with Crippen molar-refractivity contribution in [3.8, 4) is 0 Å². The zero-order valence-corrected chi connectivity index (χ0v) is 22.2. The standard InChI is InChI=1S/C24H34B2F6O4/c1-18(2)19(3,4)34-25(33-18)22(9,26-35-20(5,6)21(7,8)36-26)11-10-15-12-16(23(27,28)29)14-17(13-15)24(30,31)32/h12-14H,10-11H2,1-9H3. The molecule has 2 saturated heterocycles. The molecule has 0 unspecified atom stereocenters. The van der Waals surface area contributed by atoms with Crippen LogP contribution in [0.25, 0.3) is 0 Å². The number of hydrogen-bond acceptors (Lipinski definition) is 4. The number of benzene rings is 1. The van der Waals surface area contributed by atoms with Crippen LogP contribution < -0.4 is 0 Å². The Balaban J connectivity index is 2.01. The van der Waals surface area contributed by atoms with E-state index in [4.69, 9.17) is 18.6 Å².